The van der Waals surface area contributed by atoms with Gasteiger partial charge in [0.1, 0.15) is 12.1 Å². The Bertz CT molecular complexity index is 415. The first-order chi connectivity index (χ1) is 10.4. The van der Waals surface area contributed by atoms with Crippen LogP contribution < -0.4 is 11.1 Å². The molecule has 1 aliphatic rings. The lowest BCUT2D eigenvalue weighted by atomic mass is 10.1. The summed E-state index contributed by atoms with van der Waals surface area (Å²) in [6.07, 6.45) is 2.84. The zero-order valence-corrected chi connectivity index (χ0v) is 12.8. The summed E-state index contributed by atoms with van der Waals surface area (Å²) >= 11 is 0. The molecular weight excluding hydrogens is 290 g/mol. The Balaban J connectivity index is 2.60. The lowest BCUT2D eigenvalue weighted by Crippen LogP contribution is -2.53. The van der Waals surface area contributed by atoms with Crippen molar-refractivity contribution < 1.29 is 24.6 Å². The average Bonchev–Trinajstić information content (AvgIpc) is 2.94. The summed E-state index contributed by atoms with van der Waals surface area (Å²) in [5.74, 6) is -2.40. The van der Waals surface area contributed by atoms with Crippen LogP contribution in [0.2, 0.25) is 0 Å². The second kappa shape index (κ2) is 8.70. The van der Waals surface area contributed by atoms with Gasteiger partial charge >= 0.3 is 11.9 Å². The van der Waals surface area contributed by atoms with Crippen molar-refractivity contribution in [1.82, 2.24) is 10.2 Å². The van der Waals surface area contributed by atoms with E-state index >= 15 is 0 Å². The van der Waals surface area contributed by atoms with Crippen LogP contribution in [0.5, 0.6) is 0 Å². The molecule has 22 heavy (non-hydrogen) atoms. The van der Waals surface area contributed by atoms with Crippen LogP contribution in [0, 0.1) is 0 Å². The molecule has 0 spiro atoms. The van der Waals surface area contributed by atoms with Crippen LogP contribution in [-0.4, -0.2) is 64.2 Å². The number of nitrogens with two attached hydrogens (primary N) is 1. The van der Waals surface area contributed by atoms with Gasteiger partial charge in [-0.2, -0.15) is 0 Å². The molecule has 0 bridgehead atoms. The van der Waals surface area contributed by atoms with Crippen molar-refractivity contribution in [2.24, 2.45) is 5.73 Å². The Labute approximate surface area is 129 Å². The number of carboxylic acid groups (broad SMARTS) is 2. The second-order valence-corrected chi connectivity index (χ2v) is 5.59. The van der Waals surface area contributed by atoms with Crippen molar-refractivity contribution in [3.8, 4) is 0 Å². The highest BCUT2D eigenvalue weighted by molar-refractivity contribution is 5.88. The Kier molecular flexibility index (Phi) is 7.26. The summed E-state index contributed by atoms with van der Waals surface area (Å²) < 4.78 is 0. The fourth-order valence-corrected chi connectivity index (χ4v) is 2.68. The lowest BCUT2D eigenvalue weighted by Gasteiger charge is -2.27. The van der Waals surface area contributed by atoms with Gasteiger partial charge in [0.05, 0.1) is 6.04 Å². The minimum atomic E-state index is -1.02. The van der Waals surface area contributed by atoms with E-state index in [4.69, 9.17) is 10.8 Å². The molecule has 0 aliphatic carbocycles. The summed E-state index contributed by atoms with van der Waals surface area (Å²) in [6.45, 7) is 2.46. The van der Waals surface area contributed by atoms with Crippen LogP contribution in [0.4, 0.5) is 0 Å². The number of hydrogen-bond acceptors (Lipinski definition) is 5. The Morgan fingerprint density at radius 3 is 2.55 bits per heavy atom. The monoisotopic (exact) mass is 315 g/mol. The Hall–Kier alpha value is -1.67. The first kappa shape index (κ1) is 18.4. The number of unbranched alkanes of at least 4 members (excludes halogenated alkanes) is 1. The van der Waals surface area contributed by atoms with E-state index in [1.54, 1.807) is 6.92 Å². The van der Waals surface area contributed by atoms with Gasteiger partial charge in [-0.05, 0) is 39.2 Å². The number of carbonyl (C=O) groups excluding carboxylic acids is 1. The van der Waals surface area contributed by atoms with Gasteiger partial charge in [-0.15, -0.1) is 0 Å². The van der Waals surface area contributed by atoms with Crippen molar-refractivity contribution in [3.63, 3.8) is 0 Å². The van der Waals surface area contributed by atoms with E-state index in [0.717, 1.165) is 6.42 Å². The molecule has 1 saturated heterocycles. The summed E-state index contributed by atoms with van der Waals surface area (Å²) in [5, 5.41) is 21.1. The predicted octanol–water partition coefficient (Wildman–Crippen LogP) is -0.378. The summed E-state index contributed by atoms with van der Waals surface area (Å²) in [4.78, 5) is 36.0. The van der Waals surface area contributed by atoms with E-state index in [0.29, 0.717) is 38.8 Å². The van der Waals surface area contributed by atoms with Crippen molar-refractivity contribution in [3.05, 3.63) is 0 Å². The number of aliphatic carboxylic acids is 2. The number of carboxylic acids is 2. The zero-order chi connectivity index (χ0) is 16.7. The number of hydrogen-bond donors (Lipinski definition) is 4. The third-order valence-corrected chi connectivity index (χ3v) is 3.89. The average molecular weight is 315 g/mol. The van der Waals surface area contributed by atoms with E-state index < -0.39 is 30.1 Å². The maximum atomic E-state index is 12.3. The fraction of sp³-hybridized carbons (Fsp3) is 0.786. The van der Waals surface area contributed by atoms with Crippen molar-refractivity contribution in [2.45, 2.75) is 57.2 Å². The van der Waals surface area contributed by atoms with Crippen LogP contribution in [0.1, 0.15) is 39.0 Å². The van der Waals surface area contributed by atoms with Crippen LogP contribution in [-0.2, 0) is 14.4 Å². The topological polar surface area (TPSA) is 133 Å². The number of nitrogens with one attached hydrogen (secondary N) is 1. The molecule has 126 valence electrons. The third-order valence-electron chi connectivity index (χ3n) is 3.89. The van der Waals surface area contributed by atoms with E-state index in [9.17, 15) is 19.5 Å². The predicted molar refractivity (Wildman–Crippen MR) is 79.3 cm³/mol. The Morgan fingerprint density at radius 2 is 2.00 bits per heavy atom. The largest absolute Gasteiger partial charge is 0.480 e. The molecular formula is C14H25N3O5. The second-order valence-electron chi connectivity index (χ2n) is 5.59. The number of amides is 1. The fourth-order valence-electron chi connectivity index (χ4n) is 2.68. The smallest absolute Gasteiger partial charge is 0.326 e. The van der Waals surface area contributed by atoms with Crippen molar-refractivity contribution in [2.75, 3.05) is 13.1 Å². The molecule has 1 amide bonds. The van der Waals surface area contributed by atoms with E-state index in [1.807, 2.05) is 0 Å². The van der Waals surface area contributed by atoms with Gasteiger partial charge in [0.25, 0.3) is 0 Å². The summed E-state index contributed by atoms with van der Waals surface area (Å²) in [7, 11) is 0. The third kappa shape index (κ3) is 4.96. The molecule has 0 unspecified atom stereocenters. The standard InChI is InChI=1S/C14H25N3O5/c1-9(16-10(13(19)20)5-2-3-7-15)12(18)17-8-4-6-11(17)14(21)22/h9-11,16H,2-8,15H2,1H3,(H,19,20)(H,21,22)/t9-,10+,11+/m1/s1. The Morgan fingerprint density at radius 1 is 1.32 bits per heavy atom. The molecule has 1 fully saturated rings. The molecule has 1 aliphatic heterocycles. The normalized spacial score (nSPS) is 20.6. The number of carbonyl (C=O) groups is 3. The molecule has 0 radical (unpaired) electrons. The van der Waals surface area contributed by atoms with Crippen LogP contribution in [0.25, 0.3) is 0 Å². The highest BCUT2D eigenvalue weighted by Gasteiger charge is 2.36. The van der Waals surface area contributed by atoms with Crippen molar-refractivity contribution in [1.29, 1.82) is 0 Å². The molecule has 8 nitrogen and oxygen atoms in total. The van der Waals surface area contributed by atoms with Crippen molar-refractivity contribution >= 4 is 17.8 Å². The van der Waals surface area contributed by atoms with Crippen LogP contribution in [0.3, 0.4) is 0 Å². The first-order valence-electron chi connectivity index (χ1n) is 7.60. The van der Waals surface area contributed by atoms with Gasteiger partial charge in [-0.1, -0.05) is 6.42 Å². The quantitative estimate of drug-likeness (QED) is 0.426. The number of likely N-dealkylation sites (tertiary alicyclic amines) is 1. The highest BCUT2D eigenvalue weighted by Crippen LogP contribution is 2.18. The van der Waals surface area contributed by atoms with Gasteiger partial charge in [0, 0.05) is 6.54 Å². The molecule has 1 rings (SSSR count). The van der Waals surface area contributed by atoms with Crippen LogP contribution >= 0.6 is 0 Å². The van der Waals surface area contributed by atoms with E-state index in [2.05, 4.69) is 5.32 Å². The van der Waals surface area contributed by atoms with Gasteiger partial charge in [-0.3, -0.25) is 14.9 Å². The molecule has 8 heteroatoms. The lowest BCUT2D eigenvalue weighted by molar-refractivity contribution is -0.149. The summed E-state index contributed by atoms with van der Waals surface area (Å²) in [6, 6.07) is -2.38. The number of rotatable bonds is 9. The van der Waals surface area contributed by atoms with Gasteiger partial charge in [0.2, 0.25) is 5.91 Å². The molecule has 3 atom stereocenters. The zero-order valence-electron chi connectivity index (χ0n) is 12.8. The maximum absolute atomic E-state index is 12.3. The highest BCUT2D eigenvalue weighted by atomic mass is 16.4. The minimum Gasteiger partial charge on any atom is -0.480 e. The molecule has 0 aromatic heterocycles. The maximum Gasteiger partial charge on any atom is 0.326 e. The van der Waals surface area contributed by atoms with E-state index in [1.165, 1.54) is 4.90 Å². The minimum absolute atomic E-state index is 0.366. The molecule has 5 N–H and O–H groups in total. The number of nitrogens with zero attached hydrogens (tertiary/aromatic N) is 1. The molecule has 0 aromatic carbocycles. The molecule has 0 aromatic rings. The van der Waals surface area contributed by atoms with Gasteiger partial charge < -0.3 is 20.8 Å². The first-order valence-corrected chi connectivity index (χ1v) is 7.60. The summed E-state index contributed by atoms with van der Waals surface area (Å²) in [5.41, 5.74) is 5.38. The molecule has 0 saturated carbocycles. The van der Waals surface area contributed by atoms with Gasteiger partial charge in [-0.25, -0.2) is 4.79 Å². The van der Waals surface area contributed by atoms with E-state index in [-0.39, 0.29) is 5.91 Å². The molecule has 1 heterocycles. The van der Waals surface area contributed by atoms with Gasteiger partial charge in [0.15, 0.2) is 0 Å². The SMILES string of the molecule is C[C@@H](N[C@@H](CCCCN)C(=O)O)C(=O)N1CCC[C@H]1C(=O)O. The van der Waals surface area contributed by atoms with Crippen LogP contribution in [0.15, 0.2) is 0 Å².